The topological polar surface area (TPSA) is 79.0 Å². The summed E-state index contributed by atoms with van der Waals surface area (Å²) in [4.78, 5) is 4.20. The van der Waals surface area contributed by atoms with E-state index in [2.05, 4.69) is 15.2 Å². The number of aromatic nitrogens is 3. The van der Waals surface area contributed by atoms with Crippen molar-refractivity contribution < 1.29 is 8.42 Å². The smallest absolute Gasteiger partial charge is 0.247 e. The maximum atomic E-state index is 12.7. The van der Waals surface area contributed by atoms with Gasteiger partial charge in [0.15, 0.2) is 0 Å². The number of nitrogens with zero attached hydrogens (tertiary/aromatic N) is 3. The van der Waals surface area contributed by atoms with Crippen molar-refractivity contribution in [2.75, 3.05) is 7.05 Å². The van der Waals surface area contributed by atoms with Crippen LogP contribution in [0.1, 0.15) is 29.9 Å². The molecule has 6 nitrogen and oxygen atoms in total. The van der Waals surface area contributed by atoms with Gasteiger partial charge in [-0.3, -0.25) is 10.1 Å². The second kappa shape index (κ2) is 5.34. The minimum Gasteiger partial charge on any atom is -0.281 e. The van der Waals surface area contributed by atoms with Gasteiger partial charge < -0.3 is 0 Å². The molecule has 0 saturated carbocycles. The van der Waals surface area contributed by atoms with E-state index < -0.39 is 10.0 Å². The zero-order valence-electron chi connectivity index (χ0n) is 12.0. The first kappa shape index (κ1) is 14.7. The van der Waals surface area contributed by atoms with Gasteiger partial charge >= 0.3 is 0 Å². The Kier molecular flexibility index (Phi) is 3.92. The highest BCUT2D eigenvalue weighted by atomic mass is 32.2. The summed E-state index contributed by atoms with van der Waals surface area (Å²) in [6.45, 7) is 5.23. The highest BCUT2D eigenvalue weighted by Gasteiger charge is 2.30. The lowest BCUT2D eigenvalue weighted by Gasteiger charge is -2.24. The molecule has 1 unspecified atom stereocenters. The number of nitrogens with one attached hydrogen (secondary N) is 1. The fourth-order valence-corrected chi connectivity index (χ4v) is 3.80. The van der Waals surface area contributed by atoms with E-state index in [-0.39, 0.29) is 10.9 Å². The first-order valence-corrected chi connectivity index (χ1v) is 7.69. The molecule has 0 aliphatic rings. The summed E-state index contributed by atoms with van der Waals surface area (Å²) in [6.07, 6.45) is 3.31. The Morgan fingerprint density at radius 3 is 2.35 bits per heavy atom. The van der Waals surface area contributed by atoms with Crippen molar-refractivity contribution in [2.24, 2.45) is 0 Å². The van der Waals surface area contributed by atoms with Crippen LogP contribution in [0.15, 0.2) is 29.4 Å². The molecule has 0 fully saturated rings. The third-order valence-electron chi connectivity index (χ3n) is 3.43. The van der Waals surface area contributed by atoms with Crippen LogP contribution in [-0.4, -0.2) is 35.0 Å². The summed E-state index contributed by atoms with van der Waals surface area (Å²) in [7, 11) is -2.01. The molecule has 20 heavy (non-hydrogen) atoms. The number of aryl methyl sites for hydroxylation is 2. The molecule has 0 radical (unpaired) electrons. The maximum absolute atomic E-state index is 12.7. The van der Waals surface area contributed by atoms with Crippen LogP contribution in [0.5, 0.6) is 0 Å². The zero-order chi connectivity index (χ0) is 14.9. The van der Waals surface area contributed by atoms with Gasteiger partial charge in [0, 0.05) is 25.5 Å². The van der Waals surface area contributed by atoms with Gasteiger partial charge in [-0.05, 0) is 38.5 Å². The minimum absolute atomic E-state index is 0.251. The fraction of sp³-hybridized carbons (Fsp3) is 0.385. The molecule has 0 bridgehead atoms. The average molecular weight is 294 g/mol. The molecule has 1 N–H and O–H groups in total. The molecule has 0 amide bonds. The minimum atomic E-state index is -3.59. The Balaban J connectivity index is 2.40. The van der Waals surface area contributed by atoms with E-state index in [4.69, 9.17) is 0 Å². The van der Waals surface area contributed by atoms with Crippen LogP contribution in [-0.2, 0) is 10.0 Å². The van der Waals surface area contributed by atoms with Gasteiger partial charge in [-0.1, -0.05) is 0 Å². The molecule has 0 aliphatic carbocycles. The second-order valence-corrected chi connectivity index (χ2v) is 6.68. The van der Waals surface area contributed by atoms with Crippen LogP contribution in [0.2, 0.25) is 0 Å². The SMILES string of the molecule is Cc1n[nH]c(C)c1S(=O)(=O)N(C)C(C)c1ccncc1. The van der Waals surface area contributed by atoms with Crippen LogP contribution < -0.4 is 0 Å². The average Bonchev–Trinajstić information content (AvgIpc) is 2.78. The van der Waals surface area contributed by atoms with Crippen molar-refractivity contribution in [1.82, 2.24) is 19.5 Å². The van der Waals surface area contributed by atoms with Gasteiger partial charge in [0.1, 0.15) is 4.90 Å². The van der Waals surface area contributed by atoms with E-state index in [0.29, 0.717) is 11.4 Å². The van der Waals surface area contributed by atoms with Crippen molar-refractivity contribution in [3.05, 3.63) is 41.5 Å². The molecule has 0 aromatic carbocycles. The summed E-state index contributed by atoms with van der Waals surface area (Å²) in [5, 5.41) is 6.67. The van der Waals surface area contributed by atoms with Crippen LogP contribution in [0.4, 0.5) is 0 Å². The van der Waals surface area contributed by atoms with Gasteiger partial charge in [-0.15, -0.1) is 0 Å². The Bertz CT molecular complexity index is 675. The van der Waals surface area contributed by atoms with Crippen molar-refractivity contribution in [1.29, 1.82) is 0 Å². The molecule has 0 saturated heterocycles. The van der Waals surface area contributed by atoms with Gasteiger partial charge in [0.25, 0.3) is 0 Å². The van der Waals surface area contributed by atoms with Gasteiger partial charge in [-0.25, -0.2) is 8.42 Å². The van der Waals surface area contributed by atoms with Gasteiger partial charge in [0.05, 0.1) is 11.4 Å². The monoisotopic (exact) mass is 294 g/mol. The van der Waals surface area contributed by atoms with E-state index >= 15 is 0 Å². The molecular formula is C13H18N4O2S. The van der Waals surface area contributed by atoms with Crippen molar-refractivity contribution >= 4 is 10.0 Å². The van der Waals surface area contributed by atoms with Crippen molar-refractivity contribution in [3.8, 4) is 0 Å². The molecule has 2 aromatic heterocycles. The second-order valence-electron chi connectivity index (χ2n) is 4.74. The lowest BCUT2D eigenvalue weighted by atomic mass is 10.1. The molecule has 2 aromatic rings. The Hall–Kier alpha value is -1.73. The number of H-pyrrole nitrogens is 1. The summed E-state index contributed by atoms with van der Waals surface area (Å²) in [5.74, 6) is 0. The molecule has 1 atom stereocenters. The lowest BCUT2D eigenvalue weighted by molar-refractivity contribution is 0.397. The first-order chi connectivity index (χ1) is 9.35. The number of aromatic amines is 1. The highest BCUT2D eigenvalue weighted by Crippen LogP contribution is 2.27. The van der Waals surface area contributed by atoms with E-state index in [9.17, 15) is 8.42 Å². The predicted octanol–water partition coefficient (Wildman–Crippen LogP) is 1.80. The van der Waals surface area contributed by atoms with E-state index in [1.165, 1.54) is 4.31 Å². The Labute approximate surface area is 118 Å². The normalized spacial score (nSPS) is 13.7. The number of hydrogen-bond donors (Lipinski definition) is 1. The maximum Gasteiger partial charge on any atom is 0.247 e. The van der Waals surface area contributed by atoms with Crippen molar-refractivity contribution in [2.45, 2.75) is 31.7 Å². The first-order valence-electron chi connectivity index (χ1n) is 6.25. The fourth-order valence-electron chi connectivity index (χ4n) is 2.12. The predicted molar refractivity (Wildman–Crippen MR) is 75.7 cm³/mol. The molecule has 2 rings (SSSR count). The van der Waals surface area contributed by atoms with E-state index in [0.717, 1.165) is 5.56 Å². The quantitative estimate of drug-likeness (QED) is 0.932. The van der Waals surface area contributed by atoms with Crippen molar-refractivity contribution in [3.63, 3.8) is 0 Å². The largest absolute Gasteiger partial charge is 0.281 e. The number of hydrogen-bond acceptors (Lipinski definition) is 4. The highest BCUT2D eigenvalue weighted by molar-refractivity contribution is 7.89. The summed E-state index contributed by atoms with van der Waals surface area (Å²) < 4.78 is 26.8. The number of pyridine rings is 1. The van der Waals surface area contributed by atoms with E-state index in [1.54, 1.807) is 33.3 Å². The van der Waals surface area contributed by atoms with Crippen LogP contribution in [0, 0.1) is 13.8 Å². The van der Waals surface area contributed by atoms with Crippen LogP contribution >= 0.6 is 0 Å². The zero-order valence-corrected chi connectivity index (χ0v) is 12.8. The summed E-state index contributed by atoms with van der Waals surface area (Å²) in [5.41, 5.74) is 1.93. The number of sulfonamides is 1. The third-order valence-corrected chi connectivity index (χ3v) is 5.62. The molecule has 0 aliphatic heterocycles. The van der Waals surface area contributed by atoms with Crippen LogP contribution in [0.3, 0.4) is 0 Å². The third kappa shape index (κ3) is 2.46. The molecular weight excluding hydrogens is 276 g/mol. The molecule has 0 spiro atoms. The molecule has 2 heterocycles. The molecule has 7 heteroatoms. The van der Waals surface area contributed by atoms with E-state index in [1.807, 2.05) is 19.1 Å². The summed E-state index contributed by atoms with van der Waals surface area (Å²) in [6, 6.07) is 3.34. The number of rotatable bonds is 4. The van der Waals surface area contributed by atoms with Gasteiger partial charge in [-0.2, -0.15) is 9.40 Å². The Morgan fingerprint density at radius 2 is 1.85 bits per heavy atom. The Morgan fingerprint density at radius 1 is 1.25 bits per heavy atom. The standard InChI is InChI=1S/C13H18N4O2S/c1-9-13(10(2)16-15-9)20(18,19)17(4)11(3)12-5-7-14-8-6-12/h5-8,11H,1-4H3,(H,15,16). The van der Waals surface area contributed by atoms with Gasteiger partial charge in [0.2, 0.25) is 10.0 Å². The summed E-state index contributed by atoms with van der Waals surface area (Å²) >= 11 is 0. The lowest BCUT2D eigenvalue weighted by Crippen LogP contribution is -2.30. The molecule has 108 valence electrons. The van der Waals surface area contributed by atoms with Crippen LogP contribution in [0.25, 0.3) is 0 Å².